The van der Waals surface area contributed by atoms with Crippen LogP contribution in [0.15, 0.2) is 0 Å². The first-order valence-electron chi connectivity index (χ1n) is 8.02. The molecule has 0 aromatic heterocycles. The van der Waals surface area contributed by atoms with E-state index in [1.807, 2.05) is 13.8 Å². The summed E-state index contributed by atoms with van der Waals surface area (Å²) in [5, 5.41) is 9.62. The molecule has 3 atom stereocenters. The molecule has 1 aliphatic rings. The fourth-order valence-electron chi connectivity index (χ4n) is 2.45. The highest BCUT2D eigenvalue weighted by molar-refractivity contribution is 6.74. The van der Waals surface area contributed by atoms with Crippen molar-refractivity contribution in [3.63, 3.8) is 0 Å². The molecule has 5 heteroatoms. The Morgan fingerprint density at radius 3 is 2.19 bits per heavy atom. The molecule has 0 aliphatic carbocycles. The zero-order valence-corrected chi connectivity index (χ0v) is 16.0. The third-order valence-corrected chi connectivity index (χ3v) is 9.23. The van der Waals surface area contributed by atoms with Gasteiger partial charge in [-0.1, -0.05) is 20.8 Å². The van der Waals surface area contributed by atoms with Crippen molar-refractivity contribution in [1.82, 2.24) is 0 Å². The van der Waals surface area contributed by atoms with Crippen LogP contribution in [0.5, 0.6) is 0 Å². The summed E-state index contributed by atoms with van der Waals surface area (Å²) in [5.41, 5.74) is 0. The van der Waals surface area contributed by atoms with Gasteiger partial charge in [-0.15, -0.1) is 0 Å². The highest BCUT2D eigenvalue weighted by Crippen LogP contribution is 2.38. The Bertz CT molecular complexity index is 336. The second kappa shape index (κ2) is 6.67. The van der Waals surface area contributed by atoms with Crippen LogP contribution in [0.4, 0.5) is 0 Å². The molecule has 1 rings (SSSR count). The zero-order chi connectivity index (χ0) is 16.5. The molecule has 1 aliphatic heterocycles. The number of aliphatic hydroxyl groups excluding tert-OH is 1. The van der Waals surface area contributed by atoms with E-state index in [0.29, 0.717) is 0 Å². The Kier molecular flexibility index (Phi) is 6.06. The molecule has 1 fully saturated rings. The Labute approximate surface area is 131 Å². The van der Waals surface area contributed by atoms with Gasteiger partial charge < -0.3 is 19.0 Å². The Morgan fingerprint density at radius 2 is 1.71 bits per heavy atom. The van der Waals surface area contributed by atoms with E-state index in [2.05, 4.69) is 40.8 Å². The number of hydrogen-bond acceptors (Lipinski definition) is 4. The molecule has 1 heterocycles. The summed E-state index contributed by atoms with van der Waals surface area (Å²) in [6.45, 7) is 17.2. The fourth-order valence-corrected chi connectivity index (χ4v) is 3.92. The van der Waals surface area contributed by atoms with Crippen molar-refractivity contribution >= 4 is 8.32 Å². The van der Waals surface area contributed by atoms with Crippen molar-refractivity contribution in [3.05, 3.63) is 0 Å². The van der Waals surface area contributed by atoms with E-state index in [9.17, 15) is 5.11 Å². The minimum absolute atomic E-state index is 0.00552. The molecule has 0 aromatic rings. The highest BCUT2D eigenvalue weighted by Gasteiger charge is 2.41. The largest absolute Gasteiger partial charge is 0.414 e. The smallest absolute Gasteiger partial charge is 0.192 e. The van der Waals surface area contributed by atoms with E-state index in [0.717, 1.165) is 12.8 Å². The van der Waals surface area contributed by atoms with Gasteiger partial charge in [0.2, 0.25) is 0 Å². The van der Waals surface area contributed by atoms with Crippen molar-refractivity contribution in [2.75, 3.05) is 6.61 Å². The Hall–Kier alpha value is 0.0569. The van der Waals surface area contributed by atoms with Gasteiger partial charge in [-0.3, -0.25) is 0 Å². The average molecular weight is 319 g/mol. The van der Waals surface area contributed by atoms with Gasteiger partial charge in [0.25, 0.3) is 0 Å². The number of aliphatic hydroxyl groups is 1. The number of rotatable bonds is 6. The van der Waals surface area contributed by atoms with Crippen LogP contribution in [-0.4, -0.2) is 44.1 Å². The van der Waals surface area contributed by atoms with E-state index in [4.69, 9.17) is 13.9 Å². The van der Waals surface area contributed by atoms with Crippen molar-refractivity contribution in [1.29, 1.82) is 0 Å². The van der Waals surface area contributed by atoms with Crippen LogP contribution >= 0.6 is 0 Å². The van der Waals surface area contributed by atoms with Crippen LogP contribution in [0.2, 0.25) is 18.1 Å². The summed E-state index contributed by atoms with van der Waals surface area (Å²) in [5.74, 6) is -0.596. The second-order valence-corrected chi connectivity index (χ2v) is 12.9. The maximum absolute atomic E-state index is 9.40. The quantitative estimate of drug-likeness (QED) is 0.759. The summed E-state index contributed by atoms with van der Waals surface area (Å²) >= 11 is 0. The molecule has 21 heavy (non-hydrogen) atoms. The van der Waals surface area contributed by atoms with Crippen LogP contribution in [-0.2, 0) is 13.9 Å². The van der Waals surface area contributed by atoms with Crippen LogP contribution in [0.25, 0.3) is 0 Å². The summed E-state index contributed by atoms with van der Waals surface area (Å²) in [6, 6.07) is 0. The second-order valence-electron chi connectivity index (χ2n) is 8.16. The van der Waals surface area contributed by atoms with E-state index >= 15 is 0 Å². The average Bonchev–Trinajstić information content (AvgIpc) is 2.59. The summed E-state index contributed by atoms with van der Waals surface area (Å²) in [6.07, 6.45) is 1.71. The lowest BCUT2D eigenvalue weighted by Crippen LogP contribution is -2.43. The molecular weight excluding hydrogens is 284 g/mol. The molecule has 4 nitrogen and oxygen atoms in total. The van der Waals surface area contributed by atoms with Crippen molar-refractivity contribution in [3.8, 4) is 0 Å². The van der Waals surface area contributed by atoms with Crippen LogP contribution in [0.3, 0.4) is 0 Å². The van der Waals surface area contributed by atoms with E-state index in [1.165, 1.54) is 0 Å². The molecule has 0 spiro atoms. The zero-order valence-electron chi connectivity index (χ0n) is 15.0. The molecule has 0 unspecified atom stereocenters. The lowest BCUT2D eigenvalue weighted by Gasteiger charge is -2.38. The molecule has 1 saturated heterocycles. The number of hydrogen-bond donors (Lipinski definition) is 1. The van der Waals surface area contributed by atoms with Crippen LogP contribution in [0, 0.1) is 0 Å². The van der Waals surface area contributed by atoms with Gasteiger partial charge in [0.05, 0.1) is 12.7 Å². The predicted octanol–water partition coefficient (Wildman–Crippen LogP) is 3.69. The summed E-state index contributed by atoms with van der Waals surface area (Å²) in [4.78, 5) is 0. The topological polar surface area (TPSA) is 47.9 Å². The third-order valence-electron chi connectivity index (χ3n) is 4.62. The summed E-state index contributed by atoms with van der Waals surface area (Å²) in [7, 11) is -1.72. The van der Waals surface area contributed by atoms with Gasteiger partial charge in [-0.2, -0.15) is 0 Å². The predicted molar refractivity (Wildman–Crippen MR) is 87.9 cm³/mol. The molecule has 126 valence electrons. The van der Waals surface area contributed by atoms with Crippen molar-refractivity contribution in [2.45, 2.75) is 96.6 Å². The van der Waals surface area contributed by atoms with Gasteiger partial charge in [0, 0.05) is 6.10 Å². The van der Waals surface area contributed by atoms with Crippen molar-refractivity contribution in [2.24, 2.45) is 0 Å². The van der Waals surface area contributed by atoms with E-state index in [1.54, 1.807) is 0 Å². The molecular formula is C16H34O4Si. The first-order chi connectivity index (χ1) is 9.38. The number of ether oxygens (including phenoxy) is 2. The highest BCUT2D eigenvalue weighted by atomic mass is 28.4. The standard InChI is InChI=1S/C16H34O4Si/c1-12(20-21(7,8)15(2,3)4)9-10-13-14(11-17)19-16(5,6)18-13/h12-14,17H,9-11H2,1-8H3/t12-,13-,14-/m0/s1. The Morgan fingerprint density at radius 1 is 1.19 bits per heavy atom. The minimum Gasteiger partial charge on any atom is -0.414 e. The first kappa shape index (κ1) is 19.1. The maximum atomic E-state index is 9.40. The SMILES string of the molecule is C[C@@H](CC[C@@H]1OC(C)(C)O[C@H]1CO)O[Si](C)(C)C(C)(C)C. The Balaban J connectivity index is 2.48. The molecule has 0 amide bonds. The van der Waals surface area contributed by atoms with Crippen LogP contribution in [0.1, 0.15) is 54.4 Å². The van der Waals surface area contributed by atoms with Gasteiger partial charge in [0.15, 0.2) is 14.1 Å². The lowest BCUT2D eigenvalue weighted by molar-refractivity contribution is -0.149. The molecule has 0 radical (unpaired) electrons. The molecule has 1 N–H and O–H groups in total. The molecule has 0 bridgehead atoms. The van der Waals surface area contributed by atoms with Crippen molar-refractivity contribution < 1.29 is 19.0 Å². The minimum atomic E-state index is -1.72. The molecule has 0 aromatic carbocycles. The van der Waals surface area contributed by atoms with Gasteiger partial charge in [-0.25, -0.2) is 0 Å². The normalized spacial score (nSPS) is 27.9. The first-order valence-corrected chi connectivity index (χ1v) is 10.9. The van der Waals surface area contributed by atoms with Gasteiger partial charge in [-0.05, 0) is 51.7 Å². The molecule has 0 saturated carbocycles. The maximum Gasteiger partial charge on any atom is 0.192 e. The van der Waals surface area contributed by atoms with E-state index in [-0.39, 0.29) is 30.0 Å². The van der Waals surface area contributed by atoms with Gasteiger partial charge >= 0.3 is 0 Å². The fraction of sp³-hybridized carbons (Fsp3) is 1.00. The van der Waals surface area contributed by atoms with Crippen LogP contribution < -0.4 is 0 Å². The lowest BCUT2D eigenvalue weighted by atomic mass is 10.1. The third kappa shape index (κ3) is 5.32. The van der Waals surface area contributed by atoms with Gasteiger partial charge in [0.1, 0.15) is 6.10 Å². The van der Waals surface area contributed by atoms with E-state index < -0.39 is 14.1 Å². The monoisotopic (exact) mass is 318 g/mol. The summed E-state index contributed by atoms with van der Waals surface area (Å²) < 4.78 is 17.9.